The number of hydrogen-bond donors (Lipinski definition) is 3. The molecule has 1 aromatic rings. The first kappa shape index (κ1) is 22.4. The molecule has 3 N–H and O–H groups in total. The maximum atomic E-state index is 12.5. The third kappa shape index (κ3) is 5.66. The number of carbonyl (C=O) groups is 2. The molecule has 1 unspecified atom stereocenters. The van der Waals surface area contributed by atoms with Gasteiger partial charge in [0.05, 0.1) is 10.9 Å². The fourth-order valence-electron chi connectivity index (χ4n) is 2.69. The molecule has 1 fully saturated rings. The van der Waals surface area contributed by atoms with Crippen molar-refractivity contribution in [3.8, 4) is 0 Å². The van der Waals surface area contributed by atoms with Crippen molar-refractivity contribution in [1.29, 1.82) is 0 Å². The number of halogens is 1. The number of amides is 2. The highest BCUT2D eigenvalue weighted by Crippen LogP contribution is 2.15. The standard InChI is InChI=1S/C16H24N4O4S.ClH/c1-11-10-17-8-9-20(11)16(22)12(2)19-25(23,24)15-6-4-14(5-7-15)18-13(3)21;/h4-7,11-12,17,19H,8-10H2,1-3H3,(H,18,21);1H/t11-,12?;/m0./s1. The minimum absolute atomic E-state index is 0. The van der Waals surface area contributed by atoms with E-state index in [-0.39, 0.29) is 35.2 Å². The second-order valence-corrected chi connectivity index (χ2v) is 7.85. The van der Waals surface area contributed by atoms with Crippen LogP contribution in [0.3, 0.4) is 0 Å². The van der Waals surface area contributed by atoms with Gasteiger partial charge in [0.2, 0.25) is 21.8 Å². The lowest BCUT2D eigenvalue weighted by atomic mass is 10.2. The van der Waals surface area contributed by atoms with E-state index in [0.717, 1.165) is 0 Å². The molecule has 0 radical (unpaired) electrons. The molecule has 10 heteroatoms. The third-order valence-electron chi connectivity index (χ3n) is 3.97. The normalized spacial score (nSPS) is 18.6. The lowest BCUT2D eigenvalue weighted by Gasteiger charge is -2.35. The molecule has 0 saturated carbocycles. The van der Waals surface area contributed by atoms with Crippen molar-refractivity contribution in [2.45, 2.75) is 37.8 Å². The number of carbonyl (C=O) groups excluding carboxylic acids is 2. The Labute approximate surface area is 160 Å². The first-order chi connectivity index (χ1) is 11.7. The molecule has 146 valence electrons. The number of nitrogens with zero attached hydrogens (tertiary/aromatic N) is 1. The van der Waals surface area contributed by atoms with Crippen LogP contribution in [-0.2, 0) is 19.6 Å². The fourth-order valence-corrected chi connectivity index (χ4v) is 3.89. The molecule has 0 aliphatic carbocycles. The molecule has 1 aromatic carbocycles. The highest BCUT2D eigenvalue weighted by molar-refractivity contribution is 7.89. The summed E-state index contributed by atoms with van der Waals surface area (Å²) >= 11 is 0. The lowest BCUT2D eigenvalue weighted by molar-refractivity contribution is -0.135. The van der Waals surface area contributed by atoms with Crippen molar-refractivity contribution in [3.05, 3.63) is 24.3 Å². The first-order valence-electron chi connectivity index (χ1n) is 8.12. The minimum atomic E-state index is -3.83. The Balaban J connectivity index is 0.00000338. The Kier molecular flexibility index (Phi) is 8.01. The van der Waals surface area contributed by atoms with Crippen LogP contribution in [0, 0.1) is 0 Å². The molecule has 26 heavy (non-hydrogen) atoms. The topological polar surface area (TPSA) is 108 Å². The van der Waals surface area contributed by atoms with Gasteiger partial charge in [0, 0.05) is 38.3 Å². The number of sulfonamides is 1. The molecule has 0 spiro atoms. The van der Waals surface area contributed by atoms with Crippen LogP contribution in [0.1, 0.15) is 20.8 Å². The maximum absolute atomic E-state index is 12.5. The van der Waals surface area contributed by atoms with Crippen molar-refractivity contribution in [2.24, 2.45) is 0 Å². The molecule has 2 rings (SSSR count). The maximum Gasteiger partial charge on any atom is 0.241 e. The number of rotatable bonds is 5. The Morgan fingerprint density at radius 3 is 2.42 bits per heavy atom. The van der Waals surface area contributed by atoms with Crippen molar-refractivity contribution in [2.75, 3.05) is 25.0 Å². The van der Waals surface area contributed by atoms with E-state index in [0.29, 0.717) is 25.3 Å². The molecule has 2 amide bonds. The van der Waals surface area contributed by atoms with E-state index in [9.17, 15) is 18.0 Å². The van der Waals surface area contributed by atoms with Gasteiger partial charge in [-0.05, 0) is 38.1 Å². The predicted octanol–water partition coefficient (Wildman–Crippen LogP) is 0.554. The second-order valence-electron chi connectivity index (χ2n) is 6.13. The summed E-state index contributed by atoms with van der Waals surface area (Å²) in [5, 5.41) is 5.76. The fraction of sp³-hybridized carbons (Fsp3) is 0.500. The monoisotopic (exact) mass is 404 g/mol. The van der Waals surface area contributed by atoms with Crippen LogP contribution in [0.15, 0.2) is 29.2 Å². The lowest BCUT2D eigenvalue weighted by Crippen LogP contribution is -2.57. The summed E-state index contributed by atoms with van der Waals surface area (Å²) in [4.78, 5) is 25.2. The van der Waals surface area contributed by atoms with Crippen LogP contribution in [0.25, 0.3) is 0 Å². The van der Waals surface area contributed by atoms with Gasteiger partial charge >= 0.3 is 0 Å². The summed E-state index contributed by atoms with van der Waals surface area (Å²) in [5.74, 6) is -0.481. The Bertz CT molecular complexity index is 739. The quantitative estimate of drug-likeness (QED) is 0.664. The number of piperazine rings is 1. The van der Waals surface area contributed by atoms with Gasteiger partial charge in [0.25, 0.3) is 0 Å². The Hall–Kier alpha value is -1.68. The molecule has 1 aliphatic heterocycles. The van der Waals surface area contributed by atoms with E-state index >= 15 is 0 Å². The number of hydrogen-bond acceptors (Lipinski definition) is 5. The summed E-state index contributed by atoms with van der Waals surface area (Å²) in [7, 11) is -3.83. The van der Waals surface area contributed by atoms with Gasteiger partial charge in [0.15, 0.2) is 0 Å². The molecule has 1 saturated heterocycles. The number of anilines is 1. The van der Waals surface area contributed by atoms with Gasteiger partial charge in [0.1, 0.15) is 0 Å². The van der Waals surface area contributed by atoms with E-state index in [1.807, 2.05) is 6.92 Å². The molecule has 2 atom stereocenters. The summed E-state index contributed by atoms with van der Waals surface area (Å²) in [6.45, 7) is 6.77. The first-order valence-corrected chi connectivity index (χ1v) is 9.60. The van der Waals surface area contributed by atoms with Crippen LogP contribution in [-0.4, -0.2) is 56.9 Å². The van der Waals surface area contributed by atoms with E-state index < -0.39 is 16.1 Å². The Morgan fingerprint density at radius 1 is 1.27 bits per heavy atom. The minimum Gasteiger partial charge on any atom is -0.336 e. The van der Waals surface area contributed by atoms with Gasteiger partial charge in [-0.3, -0.25) is 9.59 Å². The molecule has 0 aromatic heterocycles. The van der Waals surface area contributed by atoms with Crippen LogP contribution in [0.4, 0.5) is 5.69 Å². The summed E-state index contributed by atoms with van der Waals surface area (Å²) in [5.41, 5.74) is 0.505. The van der Waals surface area contributed by atoms with Crippen LogP contribution >= 0.6 is 12.4 Å². The van der Waals surface area contributed by atoms with Crippen LogP contribution < -0.4 is 15.4 Å². The highest BCUT2D eigenvalue weighted by atomic mass is 35.5. The van der Waals surface area contributed by atoms with E-state index in [2.05, 4.69) is 15.4 Å². The van der Waals surface area contributed by atoms with Crippen LogP contribution in [0.5, 0.6) is 0 Å². The predicted molar refractivity (Wildman–Crippen MR) is 102 cm³/mol. The van der Waals surface area contributed by atoms with Gasteiger partial charge in [-0.15, -0.1) is 12.4 Å². The molecule has 8 nitrogen and oxygen atoms in total. The van der Waals surface area contributed by atoms with E-state index in [4.69, 9.17) is 0 Å². The molecule has 1 heterocycles. The average molecular weight is 405 g/mol. The smallest absolute Gasteiger partial charge is 0.241 e. The zero-order valence-corrected chi connectivity index (χ0v) is 16.6. The number of nitrogens with one attached hydrogen (secondary N) is 3. The average Bonchev–Trinajstić information content (AvgIpc) is 2.54. The van der Waals surface area contributed by atoms with Crippen molar-refractivity contribution >= 4 is 39.9 Å². The van der Waals surface area contributed by atoms with E-state index in [1.54, 1.807) is 11.8 Å². The summed E-state index contributed by atoms with van der Waals surface area (Å²) in [6.07, 6.45) is 0. The second kappa shape index (κ2) is 9.31. The molecular weight excluding hydrogens is 380 g/mol. The van der Waals surface area contributed by atoms with Crippen molar-refractivity contribution in [1.82, 2.24) is 14.9 Å². The van der Waals surface area contributed by atoms with Gasteiger partial charge in [-0.25, -0.2) is 8.42 Å². The zero-order valence-electron chi connectivity index (χ0n) is 15.0. The van der Waals surface area contributed by atoms with Gasteiger partial charge < -0.3 is 15.5 Å². The zero-order chi connectivity index (χ0) is 18.6. The van der Waals surface area contributed by atoms with E-state index in [1.165, 1.54) is 31.2 Å². The number of benzene rings is 1. The van der Waals surface area contributed by atoms with Gasteiger partial charge in [-0.1, -0.05) is 0 Å². The third-order valence-corrected chi connectivity index (χ3v) is 5.53. The summed E-state index contributed by atoms with van der Waals surface area (Å²) in [6, 6.07) is 4.93. The van der Waals surface area contributed by atoms with Crippen LogP contribution in [0.2, 0.25) is 0 Å². The van der Waals surface area contributed by atoms with Crippen molar-refractivity contribution in [3.63, 3.8) is 0 Å². The molecule has 1 aliphatic rings. The highest BCUT2D eigenvalue weighted by Gasteiger charge is 2.29. The molecular formula is C16H25ClN4O4S. The Morgan fingerprint density at radius 2 is 1.88 bits per heavy atom. The molecule has 0 bridgehead atoms. The van der Waals surface area contributed by atoms with Crippen molar-refractivity contribution < 1.29 is 18.0 Å². The largest absolute Gasteiger partial charge is 0.336 e. The summed E-state index contributed by atoms with van der Waals surface area (Å²) < 4.78 is 27.4. The SMILES string of the molecule is CC(=O)Nc1ccc(S(=O)(=O)NC(C)C(=O)N2CCNC[C@@H]2C)cc1.Cl. The van der Waals surface area contributed by atoms with Gasteiger partial charge in [-0.2, -0.15) is 4.72 Å².